The van der Waals surface area contributed by atoms with Crippen LogP contribution >= 0.6 is 11.3 Å². The maximum Gasteiger partial charge on any atom is 0.175 e. The highest BCUT2D eigenvalue weighted by Crippen LogP contribution is 2.26. The van der Waals surface area contributed by atoms with Crippen molar-refractivity contribution in [2.75, 3.05) is 0 Å². The topological polar surface area (TPSA) is 39.2 Å². The summed E-state index contributed by atoms with van der Waals surface area (Å²) in [5, 5.41) is 0.773. The van der Waals surface area contributed by atoms with Gasteiger partial charge in [-0.3, -0.25) is 9.78 Å². The van der Waals surface area contributed by atoms with Crippen molar-refractivity contribution in [3.8, 4) is 5.06 Å². The largest absolute Gasteiger partial charge is 0.478 e. The number of unbranched alkanes of at least 4 members (excludes halogenated alkanes) is 2. The van der Waals surface area contributed by atoms with Crippen LogP contribution in [0.25, 0.3) is 0 Å². The molecule has 0 aliphatic heterocycles. The fourth-order valence-electron chi connectivity index (χ4n) is 1.83. The van der Waals surface area contributed by atoms with Crippen molar-refractivity contribution >= 4 is 17.1 Å². The van der Waals surface area contributed by atoms with Gasteiger partial charge in [0.2, 0.25) is 0 Å². The van der Waals surface area contributed by atoms with E-state index in [4.69, 9.17) is 4.74 Å². The summed E-state index contributed by atoms with van der Waals surface area (Å²) < 4.78 is 5.65. The first-order chi connectivity index (χ1) is 9.79. The summed E-state index contributed by atoms with van der Waals surface area (Å²) in [5.74, 6) is 0.219. The number of carbonyl (C=O) groups excluding carboxylic acids is 1. The number of rotatable bonds is 8. The standard InChI is InChI=1S/C16H19NO2S/c1-2-3-4-8-14(18)15-9-10-16(20-15)19-12-13-7-5-6-11-17-13/h5-7,9-11H,2-4,8,12H2,1H3. The van der Waals surface area contributed by atoms with Crippen LogP contribution < -0.4 is 4.74 Å². The molecule has 2 aromatic heterocycles. The Kier molecular flexibility index (Phi) is 5.74. The van der Waals surface area contributed by atoms with E-state index in [2.05, 4.69) is 11.9 Å². The van der Waals surface area contributed by atoms with E-state index < -0.39 is 0 Å². The molecule has 0 saturated heterocycles. The molecule has 0 bridgehead atoms. The Bertz CT molecular complexity index is 536. The summed E-state index contributed by atoms with van der Waals surface area (Å²) in [6.45, 7) is 2.57. The molecule has 0 aliphatic carbocycles. The molecule has 0 spiro atoms. The van der Waals surface area contributed by atoms with Crippen molar-refractivity contribution < 1.29 is 9.53 Å². The Morgan fingerprint density at radius 3 is 2.90 bits per heavy atom. The third-order valence-electron chi connectivity index (χ3n) is 2.95. The molecule has 0 N–H and O–H groups in total. The molecule has 0 fully saturated rings. The highest BCUT2D eigenvalue weighted by atomic mass is 32.1. The van der Waals surface area contributed by atoms with E-state index in [-0.39, 0.29) is 5.78 Å². The predicted molar refractivity (Wildman–Crippen MR) is 81.4 cm³/mol. The fraction of sp³-hybridized carbons (Fsp3) is 0.375. The smallest absolute Gasteiger partial charge is 0.175 e. The minimum absolute atomic E-state index is 0.219. The third kappa shape index (κ3) is 4.46. The third-order valence-corrected chi connectivity index (χ3v) is 3.99. The molecular formula is C16H19NO2S. The van der Waals surface area contributed by atoms with E-state index in [0.717, 1.165) is 34.9 Å². The van der Waals surface area contributed by atoms with E-state index in [0.29, 0.717) is 13.0 Å². The maximum atomic E-state index is 11.9. The van der Waals surface area contributed by atoms with Gasteiger partial charge < -0.3 is 4.74 Å². The molecule has 0 saturated carbocycles. The van der Waals surface area contributed by atoms with Crippen LogP contribution in [-0.4, -0.2) is 10.8 Å². The number of ketones is 1. The first-order valence-corrected chi connectivity index (χ1v) is 7.77. The minimum atomic E-state index is 0.219. The first kappa shape index (κ1) is 14.7. The van der Waals surface area contributed by atoms with Crippen LogP contribution in [-0.2, 0) is 6.61 Å². The van der Waals surface area contributed by atoms with Crippen molar-refractivity contribution in [2.45, 2.75) is 39.2 Å². The molecule has 20 heavy (non-hydrogen) atoms. The molecule has 0 radical (unpaired) electrons. The van der Waals surface area contributed by atoms with Gasteiger partial charge in [0.1, 0.15) is 6.61 Å². The zero-order valence-electron chi connectivity index (χ0n) is 11.7. The molecule has 0 amide bonds. The summed E-state index contributed by atoms with van der Waals surface area (Å²) in [5.41, 5.74) is 0.886. The lowest BCUT2D eigenvalue weighted by Crippen LogP contribution is -1.96. The molecule has 0 aliphatic rings. The molecule has 2 heterocycles. The molecule has 0 unspecified atom stereocenters. The second kappa shape index (κ2) is 7.80. The Balaban J connectivity index is 1.84. The highest BCUT2D eigenvalue weighted by molar-refractivity contribution is 7.15. The van der Waals surface area contributed by atoms with Crippen LogP contribution in [0.2, 0.25) is 0 Å². The lowest BCUT2D eigenvalue weighted by atomic mass is 10.1. The molecule has 106 valence electrons. The Labute approximate surface area is 123 Å². The van der Waals surface area contributed by atoms with Crippen LogP contribution in [0.4, 0.5) is 0 Å². The quantitative estimate of drug-likeness (QED) is 0.531. The number of pyridine rings is 1. The zero-order valence-corrected chi connectivity index (χ0v) is 12.5. The van der Waals surface area contributed by atoms with E-state index >= 15 is 0 Å². The number of hydrogen-bond donors (Lipinski definition) is 0. The lowest BCUT2D eigenvalue weighted by Gasteiger charge is -2.01. The summed E-state index contributed by atoms with van der Waals surface area (Å²) >= 11 is 1.42. The van der Waals surface area contributed by atoms with Gasteiger partial charge in [-0.05, 0) is 30.7 Å². The van der Waals surface area contributed by atoms with Crippen LogP contribution in [0.15, 0.2) is 36.5 Å². The summed E-state index contributed by atoms with van der Waals surface area (Å²) in [6.07, 6.45) is 5.59. The number of hydrogen-bond acceptors (Lipinski definition) is 4. The van der Waals surface area contributed by atoms with Crippen LogP contribution in [0.3, 0.4) is 0 Å². The van der Waals surface area contributed by atoms with Gasteiger partial charge in [0, 0.05) is 12.6 Å². The predicted octanol–water partition coefficient (Wildman–Crippen LogP) is 4.49. The van der Waals surface area contributed by atoms with Crippen molar-refractivity contribution in [3.05, 3.63) is 47.1 Å². The average Bonchev–Trinajstić information content (AvgIpc) is 2.95. The molecule has 4 heteroatoms. The second-order valence-corrected chi connectivity index (χ2v) is 5.66. The highest BCUT2D eigenvalue weighted by Gasteiger charge is 2.09. The first-order valence-electron chi connectivity index (χ1n) is 6.95. The number of nitrogens with zero attached hydrogens (tertiary/aromatic N) is 1. The van der Waals surface area contributed by atoms with Crippen LogP contribution in [0.5, 0.6) is 5.06 Å². The van der Waals surface area contributed by atoms with Crippen molar-refractivity contribution in [1.29, 1.82) is 0 Å². The minimum Gasteiger partial charge on any atom is -0.478 e. The van der Waals surface area contributed by atoms with E-state index in [1.807, 2.05) is 30.3 Å². The van der Waals surface area contributed by atoms with Gasteiger partial charge in [0.15, 0.2) is 10.8 Å². The molecule has 0 aromatic carbocycles. The Morgan fingerprint density at radius 2 is 2.15 bits per heavy atom. The van der Waals surface area contributed by atoms with E-state index in [9.17, 15) is 4.79 Å². The maximum absolute atomic E-state index is 11.9. The van der Waals surface area contributed by atoms with Crippen molar-refractivity contribution in [1.82, 2.24) is 4.98 Å². The van der Waals surface area contributed by atoms with Gasteiger partial charge >= 0.3 is 0 Å². The number of carbonyl (C=O) groups is 1. The lowest BCUT2D eigenvalue weighted by molar-refractivity contribution is 0.0983. The Hall–Kier alpha value is -1.68. The van der Waals surface area contributed by atoms with Gasteiger partial charge in [-0.15, -0.1) is 0 Å². The van der Waals surface area contributed by atoms with Gasteiger partial charge in [-0.25, -0.2) is 0 Å². The normalized spacial score (nSPS) is 10.4. The van der Waals surface area contributed by atoms with Gasteiger partial charge in [-0.1, -0.05) is 37.2 Å². The zero-order chi connectivity index (χ0) is 14.2. The Morgan fingerprint density at radius 1 is 1.25 bits per heavy atom. The number of Topliss-reactive ketones (excluding diaryl/α,β-unsaturated/α-hetero) is 1. The molecule has 2 rings (SSSR count). The fourth-order valence-corrected chi connectivity index (χ4v) is 2.66. The van der Waals surface area contributed by atoms with Gasteiger partial charge in [0.05, 0.1) is 10.6 Å². The number of aromatic nitrogens is 1. The molecule has 2 aromatic rings. The molecule has 3 nitrogen and oxygen atoms in total. The van der Waals surface area contributed by atoms with E-state index in [1.54, 1.807) is 6.20 Å². The van der Waals surface area contributed by atoms with Crippen LogP contribution in [0, 0.1) is 0 Å². The number of ether oxygens (including phenoxy) is 1. The summed E-state index contributed by atoms with van der Waals surface area (Å²) in [4.78, 5) is 16.9. The second-order valence-electron chi connectivity index (χ2n) is 4.61. The molecule has 0 atom stereocenters. The summed E-state index contributed by atoms with van der Waals surface area (Å²) in [7, 11) is 0. The van der Waals surface area contributed by atoms with Gasteiger partial charge in [0.25, 0.3) is 0 Å². The van der Waals surface area contributed by atoms with E-state index in [1.165, 1.54) is 11.3 Å². The molecular weight excluding hydrogens is 270 g/mol. The van der Waals surface area contributed by atoms with Crippen molar-refractivity contribution in [3.63, 3.8) is 0 Å². The average molecular weight is 289 g/mol. The SMILES string of the molecule is CCCCCC(=O)c1ccc(OCc2ccccn2)s1. The monoisotopic (exact) mass is 289 g/mol. The number of thiophene rings is 1. The van der Waals surface area contributed by atoms with Gasteiger partial charge in [-0.2, -0.15) is 0 Å². The van der Waals surface area contributed by atoms with Crippen molar-refractivity contribution in [2.24, 2.45) is 0 Å². The van der Waals surface area contributed by atoms with Crippen LogP contribution in [0.1, 0.15) is 48.0 Å². The summed E-state index contributed by atoms with van der Waals surface area (Å²) in [6, 6.07) is 9.45.